The molecule has 3 aliphatic rings. The van der Waals surface area contributed by atoms with Gasteiger partial charge in [-0.2, -0.15) is 0 Å². The van der Waals surface area contributed by atoms with Crippen LogP contribution in [-0.4, -0.2) is 155 Å². The van der Waals surface area contributed by atoms with Crippen LogP contribution in [0.1, 0.15) is 87.5 Å². The quantitative estimate of drug-likeness (QED) is 0.170. The Balaban J connectivity index is 1.44. The van der Waals surface area contributed by atoms with Crippen LogP contribution in [0, 0.1) is 17.8 Å². The summed E-state index contributed by atoms with van der Waals surface area (Å²) in [5.74, 6) is -5.83. The van der Waals surface area contributed by atoms with E-state index in [9.17, 15) is 24.3 Å². The molecule has 1 aromatic carbocycles. The van der Waals surface area contributed by atoms with Gasteiger partial charge in [0, 0.05) is 69.3 Å². The molecule has 1 aromatic heterocycles. The van der Waals surface area contributed by atoms with E-state index < -0.39 is 83.1 Å². The van der Waals surface area contributed by atoms with Gasteiger partial charge in [-0.3, -0.25) is 14.3 Å². The standard InChI is InChI=1S/C45H69FN6O10/c1-14-34-45(8)37(52(42(57)62-45)21-16-15-20-51-25-32(47-48-51)30-18-17-19-31(23-30)49(9)10)28(4)35(53)26(2)24-43(6,58-13)39(29(5)38(55)44(7,46)41(56)60-34)61-40-36(54)33(50(11)12)22-27(3)59-40/h17-19,23,25-29,33-34,36-37,39-40,54H,14-16,20-22,24H2,1-13H3/t26-,27-,28+,29+,33+,34-,36-,37-,39-,40+,43-,44+,45-/m1/s1. The highest BCUT2D eigenvalue weighted by molar-refractivity contribution is 6.08. The Labute approximate surface area is 365 Å². The van der Waals surface area contributed by atoms with Crippen molar-refractivity contribution in [2.24, 2.45) is 17.8 Å². The molecule has 4 heterocycles. The number of unbranched alkanes of at least 4 members (excludes halogenated alkanes) is 1. The summed E-state index contributed by atoms with van der Waals surface area (Å²) < 4.78 is 49.3. The number of alkyl halides is 1. The van der Waals surface area contributed by atoms with Crippen LogP contribution in [0.4, 0.5) is 14.9 Å². The Morgan fingerprint density at radius 2 is 1.68 bits per heavy atom. The molecule has 0 saturated carbocycles. The molecule has 16 nitrogen and oxygen atoms in total. The van der Waals surface area contributed by atoms with E-state index in [2.05, 4.69) is 10.3 Å². The largest absolute Gasteiger partial charge is 0.455 e. The number of nitrogens with zero attached hydrogens (tertiary/aromatic N) is 6. The number of benzene rings is 1. The molecule has 3 fully saturated rings. The number of cyclic esters (lactones) is 1. The van der Waals surface area contributed by atoms with E-state index in [0.29, 0.717) is 25.8 Å². The first-order chi connectivity index (χ1) is 29.0. The number of aliphatic hydroxyl groups is 1. The number of likely N-dealkylation sites (N-methyl/N-ethyl adjacent to an activating group) is 1. The number of methoxy groups -OCH3 is 1. The number of rotatable bonds is 12. The number of aliphatic hydroxyl groups excluding tert-OH is 1. The summed E-state index contributed by atoms with van der Waals surface area (Å²) in [6, 6.07) is 6.68. The number of hydrogen-bond donors (Lipinski definition) is 1. The fourth-order valence-corrected chi connectivity index (χ4v) is 9.75. The van der Waals surface area contributed by atoms with Gasteiger partial charge in [0.2, 0.25) is 0 Å². The van der Waals surface area contributed by atoms with E-state index in [1.807, 2.05) is 75.4 Å². The first-order valence-electron chi connectivity index (χ1n) is 21.9. The number of fused-ring (bicyclic) bond motifs is 1. The fourth-order valence-electron chi connectivity index (χ4n) is 9.75. The van der Waals surface area contributed by atoms with Crippen LogP contribution >= 0.6 is 0 Å². The van der Waals surface area contributed by atoms with Crippen LogP contribution in [-0.2, 0) is 44.6 Å². The molecule has 0 unspecified atom stereocenters. The predicted octanol–water partition coefficient (Wildman–Crippen LogP) is 5.09. The third-order valence-corrected chi connectivity index (χ3v) is 13.4. The second kappa shape index (κ2) is 19.4. The van der Waals surface area contributed by atoms with Gasteiger partial charge in [0.25, 0.3) is 5.67 Å². The van der Waals surface area contributed by atoms with Crippen LogP contribution in [0.25, 0.3) is 11.3 Å². The predicted molar refractivity (Wildman–Crippen MR) is 229 cm³/mol. The molecule has 13 atom stereocenters. The summed E-state index contributed by atoms with van der Waals surface area (Å²) in [7, 11) is 8.99. The first kappa shape index (κ1) is 49.0. The van der Waals surface area contributed by atoms with Gasteiger partial charge in [0.05, 0.1) is 30.0 Å². The van der Waals surface area contributed by atoms with Crippen molar-refractivity contribution < 1.29 is 52.4 Å². The van der Waals surface area contributed by atoms with E-state index in [0.717, 1.165) is 23.9 Å². The maximum atomic E-state index is 16.9. The molecule has 2 aromatic rings. The summed E-state index contributed by atoms with van der Waals surface area (Å²) >= 11 is 0. The summed E-state index contributed by atoms with van der Waals surface area (Å²) in [6.45, 7) is 13.2. The van der Waals surface area contributed by atoms with Gasteiger partial charge < -0.3 is 43.5 Å². The van der Waals surface area contributed by atoms with Gasteiger partial charge in [0.15, 0.2) is 17.7 Å². The van der Waals surface area contributed by atoms with E-state index in [1.54, 1.807) is 39.3 Å². The van der Waals surface area contributed by atoms with Crippen LogP contribution in [0.15, 0.2) is 30.5 Å². The normalized spacial score (nSPS) is 36.3. The van der Waals surface area contributed by atoms with Crippen molar-refractivity contribution in [1.29, 1.82) is 0 Å². The number of carbonyl (C=O) groups excluding carboxylic acids is 4. The smallest absolute Gasteiger partial charge is 0.410 e. The first-order valence-corrected chi connectivity index (χ1v) is 21.9. The number of carbonyl (C=O) groups is 4. The molecule has 0 radical (unpaired) electrons. The summed E-state index contributed by atoms with van der Waals surface area (Å²) in [4.78, 5) is 62.3. The van der Waals surface area contributed by atoms with Crippen LogP contribution in [0.5, 0.6) is 0 Å². The molecule has 1 amide bonds. The number of amides is 1. The monoisotopic (exact) mass is 873 g/mol. The van der Waals surface area contributed by atoms with Gasteiger partial charge in [-0.05, 0) is 86.0 Å². The average Bonchev–Trinajstić information content (AvgIpc) is 3.81. The summed E-state index contributed by atoms with van der Waals surface area (Å²) in [5.41, 5.74) is -3.55. The molecular formula is C45H69FN6O10. The lowest BCUT2D eigenvalue weighted by atomic mass is 9.73. The third kappa shape index (κ3) is 9.86. The Bertz CT molecular complexity index is 1910. The molecule has 3 saturated heterocycles. The van der Waals surface area contributed by atoms with Crippen molar-refractivity contribution >= 4 is 29.3 Å². The number of ether oxygens (including phenoxy) is 5. The minimum absolute atomic E-state index is 0.00728. The second-order valence-electron chi connectivity index (χ2n) is 18.6. The molecular weight excluding hydrogens is 804 g/mol. The molecule has 0 bridgehead atoms. The molecule has 0 spiro atoms. The highest BCUT2D eigenvalue weighted by atomic mass is 19.1. The Kier molecular flexibility index (Phi) is 15.3. The molecule has 1 N–H and O–H groups in total. The number of halogens is 1. The lowest BCUT2D eigenvalue weighted by molar-refractivity contribution is -0.295. The molecule has 5 rings (SSSR count). The minimum atomic E-state index is -3.18. The van der Waals surface area contributed by atoms with Crippen molar-refractivity contribution in [3.63, 3.8) is 0 Å². The van der Waals surface area contributed by atoms with Crippen LogP contribution in [0.3, 0.4) is 0 Å². The molecule has 346 valence electrons. The van der Waals surface area contributed by atoms with Crippen LogP contribution in [0.2, 0.25) is 0 Å². The SMILES string of the molecule is CC[C@H]1OC(=O)[C@@](C)(F)C(=O)[C@H](C)[C@@H](O[C@@H]2O[C@H](C)C[C@H](N(C)C)[C@H]2O)[C@](C)(OC)C[C@@H](C)C(=O)[C@H](C)[C@H]2N(CCCCn3cc(-c4cccc(N(C)C)c4)nn3)C(=O)O[C@]12C. The van der Waals surface area contributed by atoms with Gasteiger partial charge in [-0.25, -0.2) is 14.0 Å². The molecule has 3 aliphatic heterocycles. The molecule has 62 heavy (non-hydrogen) atoms. The third-order valence-electron chi connectivity index (χ3n) is 13.4. The number of aromatic nitrogens is 3. The summed E-state index contributed by atoms with van der Waals surface area (Å²) in [5, 5.41) is 20.1. The van der Waals surface area contributed by atoms with E-state index in [1.165, 1.54) is 18.9 Å². The lowest BCUT2D eigenvalue weighted by Crippen LogP contribution is -2.61. The van der Waals surface area contributed by atoms with Crippen molar-refractivity contribution in [3.8, 4) is 11.3 Å². The molecule has 0 aliphatic carbocycles. The van der Waals surface area contributed by atoms with Crippen molar-refractivity contribution in [1.82, 2.24) is 24.8 Å². The topological polar surface area (TPSA) is 175 Å². The van der Waals surface area contributed by atoms with Crippen LogP contribution < -0.4 is 4.90 Å². The van der Waals surface area contributed by atoms with E-state index in [4.69, 9.17) is 23.7 Å². The highest BCUT2D eigenvalue weighted by Gasteiger charge is 2.61. The van der Waals surface area contributed by atoms with E-state index >= 15 is 4.39 Å². The average molecular weight is 873 g/mol. The zero-order chi connectivity index (χ0) is 46.1. The Morgan fingerprint density at radius 3 is 2.31 bits per heavy atom. The fraction of sp³-hybridized carbons (Fsp3) is 0.733. The van der Waals surface area contributed by atoms with Crippen molar-refractivity contribution in [2.75, 3.05) is 46.7 Å². The molecule has 17 heteroatoms. The number of esters is 1. The zero-order valence-electron chi connectivity index (χ0n) is 38.8. The number of anilines is 1. The van der Waals surface area contributed by atoms with E-state index in [-0.39, 0.29) is 37.3 Å². The number of hydrogen-bond acceptors (Lipinski definition) is 14. The Hall–Kier alpha value is -4.03. The van der Waals surface area contributed by atoms with Crippen molar-refractivity contribution in [3.05, 3.63) is 30.5 Å². The van der Waals surface area contributed by atoms with Gasteiger partial charge in [-0.1, -0.05) is 45.0 Å². The number of Topliss-reactive ketones (excluding diaryl/α,β-unsaturated/α-hetero) is 2. The number of aryl methyl sites for hydroxylation is 1. The minimum Gasteiger partial charge on any atom is -0.455 e. The maximum absolute atomic E-state index is 16.9. The highest BCUT2D eigenvalue weighted by Crippen LogP contribution is 2.44. The Morgan fingerprint density at radius 1 is 1.00 bits per heavy atom. The van der Waals surface area contributed by atoms with Crippen molar-refractivity contribution in [2.45, 2.75) is 154 Å². The van der Waals surface area contributed by atoms with Gasteiger partial charge in [0.1, 0.15) is 23.7 Å². The van der Waals surface area contributed by atoms with Gasteiger partial charge in [-0.15, -0.1) is 5.10 Å². The number of ketones is 2. The second-order valence-corrected chi connectivity index (χ2v) is 18.6. The summed E-state index contributed by atoms with van der Waals surface area (Å²) in [6.07, 6.45) is -2.46. The maximum Gasteiger partial charge on any atom is 0.410 e. The lowest BCUT2D eigenvalue weighted by Gasteiger charge is -2.47. The zero-order valence-corrected chi connectivity index (χ0v) is 38.8. The van der Waals surface area contributed by atoms with Gasteiger partial charge >= 0.3 is 12.1 Å².